The van der Waals surface area contributed by atoms with Crippen molar-refractivity contribution >= 4 is 5.65 Å². The monoisotopic (exact) mass is 308 g/mol. The van der Waals surface area contributed by atoms with Crippen molar-refractivity contribution in [2.75, 3.05) is 0 Å². The molecule has 0 aliphatic rings. The lowest BCUT2D eigenvalue weighted by molar-refractivity contribution is 0.478. The van der Waals surface area contributed by atoms with Crippen LogP contribution >= 0.6 is 0 Å². The van der Waals surface area contributed by atoms with Crippen LogP contribution in [0.25, 0.3) is 16.8 Å². The number of aromatic nitrogens is 2. The number of nitrogens with zero attached hydrogens (tertiary/aromatic N) is 2. The largest absolute Gasteiger partial charge is 0.504 e. The minimum absolute atomic E-state index is 0.0379. The minimum atomic E-state index is -0.0963. The number of aromatic hydroxyl groups is 1. The van der Waals surface area contributed by atoms with Crippen LogP contribution in [0.5, 0.6) is 5.75 Å². The summed E-state index contributed by atoms with van der Waals surface area (Å²) in [6.45, 7) is 2.13. The maximum absolute atomic E-state index is 12.5. The molecule has 0 fully saturated rings. The first-order valence-electron chi connectivity index (χ1n) is 8.00. The lowest BCUT2D eigenvalue weighted by Gasteiger charge is -2.09. The highest BCUT2D eigenvalue weighted by atomic mass is 16.3. The van der Waals surface area contributed by atoms with E-state index in [0.717, 1.165) is 31.2 Å². The van der Waals surface area contributed by atoms with Crippen LogP contribution in [0.4, 0.5) is 0 Å². The van der Waals surface area contributed by atoms with Crippen molar-refractivity contribution in [1.82, 2.24) is 9.38 Å². The summed E-state index contributed by atoms with van der Waals surface area (Å²) in [6, 6.07) is 11.3. The van der Waals surface area contributed by atoms with Crippen molar-refractivity contribution in [1.29, 1.82) is 0 Å². The van der Waals surface area contributed by atoms with Gasteiger partial charge in [-0.3, -0.25) is 9.20 Å². The average molecular weight is 308 g/mol. The fraction of sp³-hybridized carbons (Fsp3) is 0.263. The van der Waals surface area contributed by atoms with E-state index < -0.39 is 0 Å². The van der Waals surface area contributed by atoms with Crippen molar-refractivity contribution in [3.63, 3.8) is 0 Å². The van der Waals surface area contributed by atoms with Crippen molar-refractivity contribution in [2.45, 2.75) is 32.6 Å². The first-order valence-corrected chi connectivity index (χ1v) is 8.00. The smallest absolute Gasteiger partial charge is 0.261 e. The molecule has 0 unspecified atom stereocenters. The molecule has 3 aromatic rings. The van der Waals surface area contributed by atoms with Crippen LogP contribution in [-0.4, -0.2) is 14.5 Å². The Morgan fingerprint density at radius 2 is 1.91 bits per heavy atom. The predicted octanol–water partition coefficient (Wildman–Crippen LogP) is 3.80. The fourth-order valence-corrected chi connectivity index (χ4v) is 2.76. The lowest BCUT2D eigenvalue weighted by atomic mass is 10.1. The Bertz CT molecular complexity index is 870. The molecule has 0 aliphatic heterocycles. The molecule has 0 bridgehead atoms. The van der Waals surface area contributed by atoms with Crippen LogP contribution in [-0.2, 0) is 6.42 Å². The van der Waals surface area contributed by atoms with Crippen LogP contribution in [0.15, 0.2) is 53.6 Å². The lowest BCUT2D eigenvalue weighted by Crippen LogP contribution is -2.19. The van der Waals surface area contributed by atoms with Gasteiger partial charge >= 0.3 is 0 Å². The minimum Gasteiger partial charge on any atom is -0.504 e. The Kier molecular flexibility index (Phi) is 4.42. The van der Waals surface area contributed by atoms with Gasteiger partial charge in [0.1, 0.15) is 0 Å². The van der Waals surface area contributed by atoms with Crippen molar-refractivity contribution < 1.29 is 5.11 Å². The van der Waals surface area contributed by atoms with Gasteiger partial charge in [-0.1, -0.05) is 50.1 Å². The number of fused-ring (bicyclic) bond motifs is 1. The molecule has 0 aliphatic carbocycles. The maximum Gasteiger partial charge on any atom is 0.261 e. The number of unbranched alkanes of at least 4 members (excludes halogenated alkanes) is 2. The second-order valence-corrected chi connectivity index (χ2v) is 5.68. The number of aryl methyl sites for hydroxylation is 1. The van der Waals surface area contributed by atoms with Crippen molar-refractivity contribution in [3.8, 4) is 16.9 Å². The molecule has 1 aromatic carbocycles. The van der Waals surface area contributed by atoms with Crippen molar-refractivity contribution in [3.05, 3.63) is 64.7 Å². The van der Waals surface area contributed by atoms with E-state index in [2.05, 4.69) is 11.9 Å². The molecule has 3 rings (SSSR count). The Hall–Kier alpha value is -2.62. The van der Waals surface area contributed by atoms with Crippen LogP contribution in [0.2, 0.25) is 0 Å². The third kappa shape index (κ3) is 2.97. The van der Waals surface area contributed by atoms with Gasteiger partial charge in [-0.15, -0.1) is 0 Å². The van der Waals surface area contributed by atoms with Gasteiger partial charge in [0, 0.05) is 23.5 Å². The summed E-state index contributed by atoms with van der Waals surface area (Å²) in [5, 5.41) is 10.5. The van der Waals surface area contributed by atoms with E-state index in [1.165, 1.54) is 4.40 Å². The molecule has 0 atom stereocenters. The van der Waals surface area contributed by atoms with Gasteiger partial charge < -0.3 is 5.11 Å². The van der Waals surface area contributed by atoms with Gasteiger partial charge in [-0.05, 0) is 24.5 Å². The molecular weight excluding hydrogens is 288 g/mol. The van der Waals surface area contributed by atoms with Crippen molar-refractivity contribution in [2.24, 2.45) is 0 Å². The van der Waals surface area contributed by atoms with Gasteiger partial charge in [-0.2, -0.15) is 0 Å². The second kappa shape index (κ2) is 6.65. The molecule has 4 nitrogen and oxygen atoms in total. The molecule has 0 amide bonds. The highest BCUT2D eigenvalue weighted by Gasteiger charge is 2.12. The molecule has 0 saturated heterocycles. The quantitative estimate of drug-likeness (QED) is 0.729. The number of pyridine rings is 1. The molecular formula is C19H20N2O2. The molecule has 0 spiro atoms. The summed E-state index contributed by atoms with van der Waals surface area (Å²) >= 11 is 0. The zero-order valence-corrected chi connectivity index (χ0v) is 13.2. The standard InChI is InChI=1S/C19H20N2O2/c1-2-3-5-10-15-13-20-18-17(22)16(11-12-21(18)19(15)23)14-8-6-4-7-9-14/h4,6-9,11-13,22H,2-3,5,10H2,1H3. The summed E-state index contributed by atoms with van der Waals surface area (Å²) in [4.78, 5) is 16.9. The molecule has 0 saturated carbocycles. The summed E-state index contributed by atoms with van der Waals surface area (Å²) in [7, 11) is 0. The van der Waals surface area contributed by atoms with Gasteiger partial charge in [0.25, 0.3) is 5.56 Å². The number of benzene rings is 1. The summed E-state index contributed by atoms with van der Waals surface area (Å²) in [5.41, 5.74) is 2.48. The fourth-order valence-electron chi connectivity index (χ4n) is 2.76. The van der Waals surface area contributed by atoms with Crippen LogP contribution < -0.4 is 5.56 Å². The van der Waals surface area contributed by atoms with E-state index in [0.29, 0.717) is 16.8 Å². The predicted molar refractivity (Wildman–Crippen MR) is 91.8 cm³/mol. The van der Waals surface area contributed by atoms with Gasteiger partial charge in [-0.25, -0.2) is 4.98 Å². The van der Waals surface area contributed by atoms with Gasteiger partial charge in [0.05, 0.1) is 0 Å². The third-order valence-electron chi connectivity index (χ3n) is 4.06. The Morgan fingerprint density at radius 3 is 2.65 bits per heavy atom. The summed E-state index contributed by atoms with van der Waals surface area (Å²) < 4.78 is 1.43. The number of hydrogen-bond donors (Lipinski definition) is 1. The Labute approximate surface area is 135 Å². The van der Waals surface area contributed by atoms with Gasteiger partial charge in [0.2, 0.25) is 0 Å². The van der Waals surface area contributed by atoms with E-state index in [1.807, 2.05) is 30.3 Å². The van der Waals surface area contributed by atoms with Gasteiger partial charge in [0.15, 0.2) is 11.4 Å². The number of rotatable bonds is 5. The second-order valence-electron chi connectivity index (χ2n) is 5.68. The average Bonchev–Trinajstić information content (AvgIpc) is 2.58. The Morgan fingerprint density at radius 1 is 1.13 bits per heavy atom. The summed E-state index contributed by atoms with van der Waals surface area (Å²) in [6.07, 6.45) is 7.21. The molecule has 2 heterocycles. The van der Waals surface area contributed by atoms with Crippen LogP contribution in [0.1, 0.15) is 31.7 Å². The first-order chi connectivity index (χ1) is 11.2. The van der Waals surface area contributed by atoms with E-state index in [4.69, 9.17) is 0 Å². The molecule has 23 heavy (non-hydrogen) atoms. The molecule has 0 radical (unpaired) electrons. The normalized spacial score (nSPS) is 11.0. The van der Waals surface area contributed by atoms with E-state index in [9.17, 15) is 9.90 Å². The zero-order valence-electron chi connectivity index (χ0n) is 13.2. The highest BCUT2D eigenvalue weighted by Crippen LogP contribution is 2.31. The zero-order chi connectivity index (χ0) is 16.2. The van der Waals surface area contributed by atoms with E-state index in [1.54, 1.807) is 18.5 Å². The first kappa shape index (κ1) is 15.3. The topological polar surface area (TPSA) is 54.6 Å². The van der Waals surface area contributed by atoms with Crippen LogP contribution in [0.3, 0.4) is 0 Å². The SMILES string of the molecule is CCCCCc1cnc2c(O)c(-c3ccccc3)ccn2c1=O. The van der Waals surface area contributed by atoms with Crippen LogP contribution in [0, 0.1) is 0 Å². The molecule has 118 valence electrons. The third-order valence-corrected chi connectivity index (χ3v) is 4.06. The molecule has 4 heteroatoms. The summed E-state index contributed by atoms with van der Waals surface area (Å²) in [5.74, 6) is 0.0379. The molecule has 1 N–H and O–H groups in total. The maximum atomic E-state index is 12.5. The Balaban J connectivity index is 2.06. The highest BCUT2D eigenvalue weighted by molar-refractivity contribution is 5.76. The van der Waals surface area contributed by atoms with E-state index >= 15 is 0 Å². The van der Waals surface area contributed by atoms with E-state index in [-0.39, 0.29) is 11.3 Å². The molecule has 2 aromatic heterocycles. The number of hydrogen-bond acceptors (Lipinski definition) is 3.